The highest BCUT2D eigenvalue weighted by Crippen LogP contribution is 2.37. The minimum absolute atomic E-state index is 0.0238. The zero-order valence-corrected chi connectivity index (χ0v) is 74.6. The monoisotopic (exact) mass is 1790 g/mol. The number of primary sulfonamides is 1. The molecule has 1 fully saturated rings. The number of aliphatic imine (C=N–C) groups is 1. The van der Waals surface area contributed by atoms with Gasteiger partial charge in [0.05, 0.1) is 36.8 Å². The number of rotatable bonds is 18. The maximum atomic E-state index is 12.6. The van der Waals surface area contributed by atoms with Gasteiger partial charge in [-0.25, -0.2) is 67.6 Å². The highest BCUT2D eigenvalue weighted by atomic mass is 79.9. The van der Waals surface area contributed by atoms with E-state index in [-0.39, 0.29) is 73.0 Å². The number of halogens is 3. The minimum Gasteiger partial charge on any atom is -0.399 e. The van der Waals surface area contributed by atoms with Gasteiger partial charge in [0.15, 0.2) is 0 Å². The lowest BCUT2D eigenvalue weighted by molar-refractivity contribution is -0.120. The van der Waals surface area contributed by atoms with E-state index in [1.807, 2.05) is 90.0 Å². The van der Waals surface area contributed by atoms with Gasteiger partial charge in [0.25, 0.3) is 30.1 Å². The second-order valence-corrected chi connectivity index (χ2v) is 39.1. The number of nitrogens with zero attached hydrogens (tertiary/aromatic N) is 5. The number of hydrogen-bond acceptors (Lipinski definition) is 19. The topological polar surface area (TPSA) is 361 Å². The molecule has 0 bridgehead atoms. The van der Waals surface area contributed by atoms with Crippen LogP contribution in [0.25, 0.3) is 33.4 Å². The van der Waals surface area contributed by atoms with Gasteiger partial charge in [-0.2, -0.15) is 0 Å². The normalized spacial score (nSPS) is 13.1. The van der Waals surface area contributed by atoms with Crippen molar-refractivity contribution in [3.63, 3.8) is 0 Å². The predicted molar refractivity (Wildman–Crippen MR) is 448 cm³/mol. The number of aromatic nitrogens is 4. The van der Waals surface area contributed by atoms with Crippen molar-refractivity contribution in [2.24, 2.45) is 22.0 Å². The molecular formula is C79H102BBr3N10O14S4. The molecule has 0 spiro atoms. The first kappa shape index (κ1) is 95.6. The van der Waals surface area contributed by atoms with Crippen molar-refractivity contribution in [3.05, 3.63) is 193 Å². The molecule has 0 atom stereocenters. The van der Waals surface area contributed by atoms with E-state index in [9.17, 15) is 52.8 Å². The quantitative estimate of drug-likeness (QED) is 0.0303. The van der Waals surface area contributed by atoms with Crippen LogP contribution in [0.2, 0.25) is 0 Å². The van der Waals surface area contributed by atoms with E-state index >= 15 is 0 Å². The van der Waals surface area contributed by atoms with Crippen LogP contribution in [0, 0.1) is 39.5 Å². The van der Waals surface area contributed by atoms with E-state index in [1.165, 1.54) is 48.5 Å². The van der Waals surface area contributed by atoms with Crippen molar-refractivity contribution in [1.29, 1.82) is 0 Å². The van der Waals surface area contributed by atoms with E-state index in [4.69, 9.17) is 14.4 Å². The number of isocyanates is 1. The summed E-state index contributed by atoms with van der Waals surface area (Å²) in [7, 11) is -15.5. The summed E-state index contributed by atoms with van der Waals surface area (Å²) in [6.07, 6.45) is 12.7. The van der Waals surface area contributed by atoms with Gasteiger partial charge in [-0.1, -0.05) is 122 Å². The Balaban J connectivity index is 0.000000297. The van der Waals surface area contributed by atoms with Crippen molar-refractivity contribution in [1.82, 2.24) is 39.4 Å². The zero-order valence-electron chi connectivity index (χ0n) is 66.5. The SMILES string of the molecule is CC(C)N=C=O.CC(C)c1cc(-c2cncc(B3OC(C)(C)C(C)(C)O3)c2)ccn1.Cc1cc(S(=O)(=O)NC(=O)CC(C)C)ccc1Br.Cc1cc(S(=O)(=O)NC(=O)CC(C)C)ccc1Br.Cc1cc(S(=O)(=O)NC(=O)NC(C)C)ccc1-c1cncc(-c2ccnc(C(C)(C)C)c2)c1.Cc1cc(S(N)(=O)=O)ccc1Br. The van der Waals surface area contributed by atoms with E-state index < -0.39 is 65.1 Å². The van der Waals surface area contributed by atoms with Gasteiger partial charge in [-0.15, -0.1) is 0 Å². The third-order valence-electron chi connectivity index (χ3n) is 16.4. The Morgan fingerprint density at radius 3 is 1.33 bits per heavy atom. The standard InChI is InChI=1S/C25H30N4O3S.C19H25BN2O2.2C12H16BrNO3S.C7H8BrNO2S.C4H7NO/c1-16(2)28-24(30)29-33(31,32)21-7-8-22(17(3)11-21)20-12-19(14-26-15-20)18-9-10-27-23(13-18)25(4,5)6;1-13(2)17-10-14(7-8-22-17)15-9-16(12-21-11-15)20-23-18(3,4)19(5,6)24-20;2*1-8(2)6-12(15)14-18(16,17)10-4-5-11(13)9(3)7-10;1-5-4-6(12(9,10)11)2-3-7(5)8;1-4(2)5-3-6/h7-16H,1-6H3,(H2,28,29,30);7-13H,1-6H3;2*4-5,7-8H,6H2,1-3H3,(H,14,15);2-4H,1H3,(H2,9,10,11);4H,1-2H3. The van der Waals surface area contributed by atoms with Crippen molar-refractivity contribution in [3.8, 4) is 33.4 Å². The van der Waals surface area contributed by atoms with Crippen LogP contribution in [0.3, 0.4) is 0 Å². The number of nitrogens with two attached hydrogens (primary N) is 1. The second-order valence-electron chi connectivity index (χ2n) is 29.9. The van der Waals surface area contributed by atoms with Crippen molar-refractivity contribution in [2.45, 2.75) is 212 Å². The summed E-state index contributed by atoms with van der Waals surface area (Å²) in [4.78, 5) is 65.6. The van der Waals surface area contributed by atoms with Crippen LogP contribution in [-0.4, -0.2) is 108 Å². The van der Waals surface area contributed by atoms with Crippen molar-refractivity contribution in [2.75, 3.05) is 0 Å². The molecule has 1 aliphatic heterocycles. The van der Waals surface area contributed by atoms with Gasteiger partial charge in [0, 0.05) is 103 Å². The Morgan fingerprint density at radius 2 is 0.928 bits per heavy atom. The van der Waals surface area contributed by atoms with E-state index in [0.717, 1.165) is 85.9 Å². The third-order valence-corrected chi connectivity index (χ3v) is 24.0. The Hall–Kier alpha value is -7.75. The Kier molecular flexibility index (Phi) is 35.6. The first-order valence-electron chi connectivity index (χ1n) is 35.3. The summed E-state index contributed by atoms with van der Waals surface area (Å²) >= 11 is 9.86. The molecule has 111 heavy (non-hydrogen) atoms. The van der Waals surface area contributed by atoms with Crippen LogP contribution in [0.1, 0.15) is 170 Å². The van der Waals surface area contributed by atoms with Crippen LogP contribution in [0.5, 0.6) is 0 Å². The van der Waals surface area contributed by atoms with Gasteiger partial charge < -0.3 is 14.6 Å². The summed E-state index contributed by atoms with van der Waals surface area (Å²) < 4.78 is 116. The predicted octanol–water partition coefficient (Wildman–Crippen LogP) is 15.7. The Labute approximate surface area is 681 Å². The number of urea groups is 1. The molecule has 32 heteroatoms. The van der Waals surface area contributed by atoms with Crippen LogP contribution in [-0.2, 0) is 69.2 Å². The molecular weight excluding hydrogens is 1690 g/mol. The molecule has 5 heterocycles. The van der Waals surface area contributed by atoms with Gasteiger partial charge in [0.2, 0.25) is 27.9 Å². The molecule has 4 aromatic carbocycles. The molecule has 0 saturated carbocycles. The minimum atomic E-state index is -3.98. The number of amides is 4. The number of benzene rings is 4. The number of nitrogens with one attached hydrogen (secondary N) is 4. The molecule has 6 N–H and O–H groups in total. The van der Waals surface area contributed by atoms with Crippen LogP contribution in [0.4, 0.5) is 4.79 Å². The largest absolute Gasteiger partial charge is 0.496 e. The summed E-state index contributed by atoms with van der Waals surface area (Å²) in [5.41, 5.74) is 11.3. The molecule has 600 valence electrons. The Bertz CT molecular complexity index is 5000. The molecule has 0 radical (unpaired) electrons. The summed E-state index contributed by atoms with van der Waals surface area (Å²) in [5.74, 6) is -0.334. The fourth-order valence-electron chi connectivity index (χ4n) is 9.74. The fourth-order valence-corrected chi connectivity index (χ4v) is 14.2. The third kappa shape index (κ3) is 30.6. The second kappa shape index (κ2) is 41.3. The zero-order chi connectivity index (χ0) is 84.1. The highest BCUT2D eigenvalue weighted by molar-refractivity contribution is 9.11. The first-order chi connectivity index (χ1) is 51.2. The van der Waals surface area contributed by atoms with E-state index in [2.05, 4.69) is 168 Å². The summed E-state index contributed by atoms with van der Waals surface area (Å²) in [6, 6.07) is 30.1. The smallest absolute Gasteiger partial charge is 0.399 e. The number of pyridine rings is 4. The molecule has 4 amide bonds. The number of hydrogen-bond donors (Lipinski definition) is 5. The molecule has 1 aliphatic rings. The first-order valence-corrected chi connectivity index (χ1v) is 43.7. The molecule has 0 unspecified atom stereocenters. The molecule has 0 aliphatic carbocycles. The van der Waals surface area contributed by atoms with Crippen molar-refractivity contribution < 1.29 is 62.2 Å². The average Bonchev–Trinajstić information content (AvgIpc) is 1.66. The van der Waals surface area contributed by atoms with Gasteiger partial charge in [-0.05, 0) is 242 Å². The van der Waals surface area contributed by atoms with Gasteiger partial charge in [0.1, 0.15) is 0 Å². The number of aryl methyl sites for hydroxylation is 4. The molecule has 1 saturated heterocycles. The lowest BCUT2D eigenvalue weighted by atomic mass is 9.79. The van der Waals surface area contributed by atoms with Crippen LogP contribution in [0.15, 0.2) is 184 Å². The van der Waals surface area contributed by atoms with E-state index in [1.54, 1.807) is 83.5 Å². The maximum Gasteiger partial charge on any atom is 0.496 e. The van der Waals surface area contributed by atoms with Crippen LogP contribution >= 0.6 is 47.8 Å². The lowest BCUT2D eigenvalue weighted by Gasteiger charge is -2.32. The fraction of sp³-hybridized carbons (Fsp3) is 0.392. The number of carbonyl (C=O) groups excluding carboxylic acids is 4. The van der Waals surface area contributed by atoms with E-state index in [0.29, 0.717) is 5.92 Å². The van der Waals surface area contributed by atoms with Crippen LogP contribution < -0.4 is 30.1 Å². The van der Waals surface area contributed by atoms with Gasteiger partial charge >= 0.3 is 13.1 Å². The molecule has 24 nitrogen and oxygen atoms in total. The average molecular weight is 1790 g/mol. The summed E-state index contributed by atoms with van der Waals surface area (Å²) in [5, 5.41) is 7.45. The molecule has 8 aromatic rings. The highest BCUT2D eigenvalue weighted by Gasteiger charge is 2.52. The summed E-state index contributed by atoms with van der Waals surface area (Å²) in [6.45, 7) is 40.7. The molecule has 4 aromatic heterocycles. The number of sulfonamides is 4. The van der Waals surface area contributed by atoms with Gasteiger partial charge in [-0.3, -0.25) is 29.5 Å². The maximum absolute atomic E-state index is 12.6. The molecule has 9 rings (SSSR count). The number of carbonyl (C=O) groups is 3. The Morgan fingerprint density at radius 1 is 0.523 bits per heavy atom. The van der Waals surface area contributed by atoms with Crippen molar-refractivity contribution >= 4 is 124 Å². The lowest BCUT2D eigenvalue weighted by Crippen LogP contribution is -2.42.